The zero-order valence-corrected chi connectivity index (χ0v) is 12.9. The second kappa shape index (κ2) is 6.02. The number of rotatable bonds is 4. The van der Waals surface area contributed by atoms with Gasteiger partial charge in [-0.05, 0) is 30.7 Å². The normalized spacial score (nSPS) is 18.8. The lowest BCUT2D eigenvalue weighted by Gasteiger charge is -2.25. The van der Waals surface area contributed by atoms with Gasteiger partial charge in [-0.25, -0.2) is 0 Å². The fraction of sp³-hybridized carbons (Fsp3) is 0.333. The largest absolute Gasteiger partial charge is 0.310 e. The smallest absolute Gasteiger partial charge is 0.0398 e. The van der Waals surface area contributed by atoms with Crippen molar-refractivity contribution in [3.05, 3.63) is 65.2 Å². The van der Waals surface area contributed by atoms with Gasteiger partial charge in [0.05, 0.1) is 0 Å². The molecule has 2 atom stereocenters. The molecular formula is C18H21NS. The van der Waals surface area contributed by atoms with E-state index in [0.29, 0.717) is 12.0 Å². The zero-order valence-electron chi connectivity index (χ0n) is 12.1. The highest BCUT2D eigenvalue weighted by atomic mass is 32.2. The Morgan fingerprint density at radius 1 is 1.15 bits per heavy atom. The van der Waals surface area contributed by atoms with E-state index in [1.807, 2.05) is 11.8 Å². The minimum absolute atomic E-state index is 0.414. The van der Waals surface area contributed by atoms with Crippen molar-refractivity contribution in [3.63, 3.8) is 0 Å². The van der Waals surface area contributed by atoms with Gasteiger partial charge in [-0.3, -0.25) is 0 Å². The Labute approximate surface area is 125 Å². The Morgan fingerprint density at radius 3 is 2.65 bits per heavy atom. The van der Waals surface area contributed by atoms with Gasteiger partial charge in [-0.15, -0.1) is 11.8 Å². The number of hydrogen-bond donors (Lipinski definition) is 1. The molecule has 1 nitrogen and oxygen atoms in total. The van der Waals surface area contributed by atoms with E-state index >= 15 is 0 Å². The fourth-order valence-electron chi connectivity index (χ4n) is 2.95. The number of benzene rings is 2. The summed E-state index contributed by atoms with van der Waals surface area (Å²) in [5.41, 5.74) is 4.23. The Hall–Kier alpha value is -1.25. The summed E-state index contributed by atoms with van der Waals surface area (Å²) in [6, 6.07) is 18.2. The van der Waals surface area contributed by atoms with Gasteiger partial charge >= 0.3 is 0 Å². The first-order chi connectivity index (χ1) is 9.79. The van der Waals surface area contributed by atoms with Crippen LogP contribution in [-0.4, -0.2) is 12.3 Å². The molecule has 1 heterocycles. The van der Waals surface area contributed by atoms with Crippen LogP contribution in [0, 0.1) is 6.92 Å². The summed E-state index contributed by atoms with van der Waals surface area (Å²) in [6.07, 6.45) is 0. The first-order valence-electron chi connectivity index (χ1n) is 7.31. The molecule has 104 valence electrons. The molecule has 3 rings (SSSR count). The highest BCUT2D eigenvalue weighted by Gasteiger charge is 2.30. The predicted molar refractivity (Wildman–Crippen MR) is 87.5 cm³/mol. The van der Waals surface area contributed by atoms with Gasteiger partial charge in [0.25, 0.3) is 0 Å². The summed E-state index contributed by atoms with van der Waals surface area (Å²) < 4.78 is 0. The van der Waals surface area contributed by atoms with Crippen LogP contribution in [0.1, 0.15) is 35.6 Å². The molecule has 0 bridgehead atoms. The van der Waals surface area contributed by atoms with Crippen molar-refractivity contribution in [2.75, 3.05) is 12.3 Å². The topological polar surface area (TPSA) is 12.0 Å². The van der Waals surface area contributed by atoms with Gasteiger partial charge in [0.1, 0.15) is 0 Å². The molecule has 2 aromatic carbocycles. The molecule has 1 aliphatic heterocycles. The standard InChI is InChI=1S/C18H21NS/c1-3-19-18(14-10-8-13(2)9-11-14)16-12-20-17-7-5-4-6-15(16)17/h4-11,16,18-19H,3,12H2,1-2H3. The van der Waals surface area contributed by atoms with Crippen LogP contribution in [0.15, 0.2) is 53.4 Å². The minimum Gasteiger partial charge on any atom is -0.310 e. The van der Waals surface area contributed by atoms with E-state index in [4.69, 9.17) is 0 Å². The van der Waals surface area contributed by atoms with Crippen LogP contribution in [0.5, 0.6) is 0 Å². The molecule has 1 N–H and O–H groups in total. The lowest BCUT2D eigenvalue weighted by Crippen LogP contribution is -2.27. The van der Waals surface area contributed by atoms with Gasteiger partial charge < -0.3 is 5.32 Å². The number of aryl methyl sites for hydroxylation is 1. The van der Waals surface area contributed by atoms with Crippen LogP contribution in [0.25, 0.3) is 0 Å². The lowest BCUT2D eigenvalue weighted by molar-refractivity contribution is 0.485. The highest BCUT2D eigenvalue weighted by molar-refractivity contribution is 7.99. The summed E-state index contributed by atoms with van der Waals surface area (Å²) in [4.78, 5) is 1.45. The second-order valence-electron chi connectivity index (χ2n) is 5.40. The summed E-state index contributed by atoms with van der Waals surface area (Å²) in [5.74, 6) is 1.74. The molecule has 2 aromatic rings. The first kappa shape index (κ1) is 13.7. The SMILES string of the molecule is CCNC(c1ccc(C)cc1)C1CSc2ccccc21. The van der Waals surface area contributed by atoms with Gasteiger partial charge in [0.2, 0.25) is 0 Å². The van der Waals surface area contributed by atoms with E-state index in [2.05, 4.69) is 67.7 Å². The number of nitrogens with one attached hydrogen (secondary N) is 1. The minimum atomic E-state index is 0.414. The van der Waals surface area contributed by atoms with E-state index in [1.54, 1.807) is 0 Å². The molecule has 0 amide bonds. The molecule has 0 saturated carbocycles. The maximum atomic E-state index is 3.69. The van der Waals surface area contributed by atoms with Gasteiger partial charge in [0.15, 0.2) is 0 Å². The Morgan fingerprint density at radius 2 is 1.90 bits per heavy atom. The third kappa shape index (κ3) is 2.63. The molecule has 2 unspecified atom stereocenters. The van der Waals surface area contributed by atoms with E-state index < -0.39 is 0 Å². The van der Waals surface area contributed by atoms with Crippen molar-refractivity contribution in [2.45, 2.75) is 30.7 Å². The number of likely N-dealkylation sites (N-methyl/N-ethyl adjacent to an activating group) is 1. The second-order valence-corrected chi connectivity index (χ2v) is 6.46. The van der Waals surface area contributed by atoms with Crippen molar-refractivity contribution in [1.29, 1.82) is 0 Å². The van der Waals surface area contributed by atoms with Crippen LogP contribution in [0.4, 0.5) is 0 Å². The van der Waals surface area contributed by atoms with Crippen molar-refractivity contribution >= 4 is 11.8 Å². The molecular weight excluding hydrogens is 262 g/mol. The monoisotopic (exact) mass is 283 g/mol. The summed E-state index contributed by atoms with van der Waals surface area (Å²) in [6.45, 7) is 5.34. The average molecular weight is 283 g/mol. The van der Waals surface area contributed by atoms with E-state index in [1.165, 1.54) is 27.3 Å². The van der Waals surface area contributed by atoms with Crippen LogP contribution in [0.3, 0.4) is 0 Å². The molecule has 0 aromatic heterocycles. The van der Waals surface area contributed by atoms with Crippen LogP contribution in [0.2, 0.25) is 0 Å². The summed E-state index contributed by atoms with van der Waals surface area (Å²) in [7, 11) is 0. The quantitative estimate of drug-likeness (QED) is 0.884. The zero-order chi connectivity index (χ0) is 13.9. The first-order valence-corrected chi connectivity index (χ1v) is 8.30. The molecule has 0 spiro atoms. The average Bonchev–Trinajstić information content (AvgIpc) is 2.90. The van der Waals surface area contributed by atoms with E-state index in [0.717, 1.165) is 6.54 Å². The third-order valence-corrected chi connectivity index (χ3v) is 5.21. The fourth-order valence-corrected chi connectivity index (χ4v) is 4.24. The number of thioether (sulfide) groups is 1. The van der Waals surface area contributed by atoms with Crippen LogP contribution in [-0.2, 0) is 0 Å². The lowest BCUT2D eigenvalue weighted by atomic mass is 9.88. The number of fused-ring (bicyclic) bond motifs is 1. The van der Waals surface area contributed by atoms with Crippen molar-refractivity contribution in [3.8, 4) is 0 Å². The summed E-state index contributed by atoms with van der Waals surface area (Å²) >= 11 is 1.99. The molecule has 0 saturated heterocycles. The molecule has 2 heteroatoms. The Bertz CT molecular complexity index is 576. The van der Waals surface area contributed by atoms with Crippen LogP contribution < -0.4 is 5.32 Å². The highest BCUT2D eigenvalue weighted by Crippen LogP contribution is 2.45. The summed E-state index contributed by atoms with van der Waals surface area (Å²) in [5, 5.41) is 3.69. The maximum absolute atomic E-state index is 3.69. The molecule has 1 aliphatic rings. The van der Waals surface area contributed by atoms with E-state index in [9.17, 15) is 0 Å². The Kier molecular flexibility index (Phi) is 4.13. The molecule has 0 aliphatic carbocycles. The third-order valence-electron chi connectivity index (χ3n) is 4.00. The van der Waals surface area contributed by atoms with Gasteiger partial charge in [-0.1, -0.05) is 55.0 Å². The number of hydrogen-bond acceptors (Lipinski definition) is 2. The van der Waals surface area contributed by atoms with Crippen molar-refractivity contribution < 1.29 is 0 Å². The van der Waals surface area contributed by atoms with Gasteiger partial charge in [-0.2, -0.15) is 0 Å². The molecule has 20 heavy (non-hydrogen) atoms. The van der Waals surface area contributed by atoms with Crippen molar-refractivity contribution in [2.24, 2.45) is 0 Å². The van der Waals surface area contributed by atoms with E-state index in [-0.39, 0.29) is 0 Å². The van der Waals surface area contributed by atoms with Gasteiger partial charge in [0, 0.05) is 22.6 Å². The predicted octanol–water partition coefficient (Wildman–Crippen LogP) is 4.54. The van der Waals surface area contributed by atoms with Crippen molar-refractivity contribution in [1.82, 2.24) is 5.32 Å². The molecule has 0 fully saturated rings. The van der Waals surface area contributed by atoms with Crippen LogP contribution >= 0.6 is 11.8 Å². The maximum Gasteiger partial charge on any atom is 0.0398 e. The Balaban J connectivity index is 1.94. The molecule has 0 radical (unpaired) electrons.